The number of aliphatic carboxylic acids is 1. The minimum absolute atomic E-state index is 0.0397. The van der Waals surface area contributed by atoms with E-state index in [9.17, 15) is 9.59 Å². The molecule has 0 aromatic carbocycles. The first-order chi connectivity index (χ1) is 7.97. The van der Waals surface area contributed by atoms with Crippen LogP contribution in [0.25, 0.3) is 0 Å². The van der Waals surface area contributed by atoms with E-state index in [1.165, 1.54) is 4.90 Å². The lowest BCUT2D eigenvalue weighted by atomic mass is 10.1. The van der Waals surface area contributed by atoms with Crippen LogP contribution in [0.2, 0.25) is 0 Å². The summed E-state index contributed by atoms with van der Waals surface area (Å²) in [5.41, 5.74) is 0. The van der Waals surface area contributed by atoms with E-state index in [1.807, 2.05) is 13.8 Å². The number of amides is 1. The van der Waals surface area contributed by atoms with Crippen molar-refractivity contribution in [1.82, 2.24) is 4.90 Å². The highest BCUT2D eigenvalue weighted by atomic mass is 16.5. The van der Waals surface area contributed by atoms with Gasteiger partial charge >= 0.3 is 5.97 Å². The molecular formula is C11H19NO5. The van der Waals surface area contributed by atoms with Gasteiger partial charge in [0.15, 0.2) is 6.10 Å². The lowest BCUT2D eigenvalue weighted by Crippen LogP contribution is -2.45. The number of carboxylic acid groups (broad SMARTS) is 1. The normalized spacial score (nSPS) is 24.0. The number of carbonyl (C=O) groups excluding carboxylic acids is 1. The van der Waals surface area contributed by atoms with Crippen molar-refractivity contribution in [3.05, 3.63) is 0 Å². The minimum atomic E-state index is -1.03. The fourth-order valence-corrected chi connectivity index (χ4v) is 1.92. The number of carbonyl (C=O) groups is 2. The molecule has 1 rings (SSSR count). The lowest BCUT2D eigenvalue weighted by Gasteiger charge is -2.28. The van der Waals surface area contributed by atoms with Crippen LogP contribution in [-0.2, 0) is 14.3 Å². The first-order valence-electron chi connectivity index (χ1n) is 5.77. The Balaban J connectivity index is 2.60. The standard InChI is InChI=1S/C11H19NO5/c1-7(2)12(5-6-13)10(14)8-3-4-9(17-8)11(15)16/h7-9,13H,3-6H2,1-2H3,(H,15,16)/t8-,9+/m0/s1. The highest BCUT2D eigenvalue weighted by molar-refractivity contribution is 5.83. The second kappa shape index (κ2) is 5.97. The molecule has 0 spiro atoms. The van der Waals surface area contributed by atoms with Crippen LogP contribution >= 0.6 is 0 Å². The van der Waals surface area contributed by atoms with Crippen molar-refractivity contribution in [2.75, 3.05) is 13.2 Å². The van der Waals surface area contributed by atoms with E-state index in [0.717, 1.165) is 0 Å². The maximum absolute atomic E-state index is 12.0. The average Bonchev–Trinajstić information content (AvgIpc) is 2.73. The molecular weight excluding hydrogens is 226 g/mol. The third-order valence-electron chi connectivity index (χ3n) is 2.82. The molecule has 0 aliphatic carbocycles. The average molecular weight is 245 g/mol. The molecule has 0 aromatic rings. The Hall–Kier alpha value is -1.14. The maximum Gasteiger partial charge on any atom is 0.332 e. The number of ether oxygens (including phenoxy) is 1. The van der Waals surface area contributed by atoms with Gasteiger partial charge in [0.1, 0.15) is 6.10 Å². The number of carboxylic acids is 1. The Kier molecular flexibility index (Phi) is 4.89. The Bertz CT molecular complexity index is 292. The van der Waals surface area contributed by atoms with Gasteiger partial charge in [0, 0.05) is 12.6 Å². The number of aliphatic hydroxyl groups excluding tert-OH is 1. The summed E-state index contributed by atoms with van der Waals surface area (Å²) >= 11 is 0. The molecule has 0 saturated carbocycles. The van der Waals surface area contributed by atoms with Crippen LogP contribution in [0.5, 0.6) is 0 Å². The summed E-state index contributed by atoms with van der Waals surface area (Å²) in [6, 6.07) is -0.0397. The van der Waals surface area contributed by atoms with Gasteiger partial charge in [-0.3, -0.25) is 4.79 Å². The summed E-state index contributed by atoms with van der Waals surface area (Å²) < 4.78 is 5.19. The molecule has 1 fully saturated rings. The third kappa shape index (κ3) is 3.41. The Morgan fingerprint density at radius 3 is 2.35 bits per heavy atom. The van der Waals surface area contributed by atoms with Gasteiger partial charge in [0.05, 0.1) is 6.61 Å². The van der Waals surface area contributed by atoms with Gasteiger partial charge in [-0.2, -0.15) is 0 Å². The molecule has 1 saturated heterocycles. The van der Waals surface area contributed by atoms with Gasteiger partial charge in [0.25, 0.3) is 5.91 Å². The zero-order valence-corrected chi connectivity index (χ0v) is 10.1. The van der Waals surface area contributed by atoms with Crippen molar-refractivity contribution in [3.63, 3.8) is 0 Å². The Labute approximate surface area is 100 Å². The summed E-state index contributed by atoms with van der Waals surface area (Å²) in [5.74, 6) is -1.27. The van der Waals surface area contributed by atoms with Crippen molar-refractivity contribution in [3.8, 4) is 0 Å². The largest absolute Gasteiger partial charge is 0.479 e. The SMILES string of the molecule is CC(C)N(CCO)C(=O)[C@@H]1CC[C@H](C(=O)O)O1. The smallest absolute Gasteiger partial charge is 0.332 e. The van der Waals surface area contributed by atoms with Crippen LogP contribution in [0.15, 0.2) is 0 Å². The molecule has 2 N–H and O–H groups in total. The van der Waals surface area contributed by atoms with Crippen molar-refractivity contribution >= 4 is 11.9 Å². The van der Waals surface area contributed by atoms with Crippen molar-refractivity contribution in [2.45, 2.75) is 44.9 Å². The van der Waals surface area contributed by atoms with E-state index in [0.29, 0.717) is 12.8 Å². The van der Waals surface area contributed by atoms with E-state index >= 15 is 0 Å². The maximum atomic E-state index is 12.0. The highest BCUT2D eigenvalue weighted by Gasteiger charge is 2.37. The highest BCUT2D eigenvalue weighted by Crippen LogP contribution is 2.22. The number of aliphatic hydroxyl groups is 1. The first-order valence-corrected chi connectivity index (χ1v) is 5.77. The van der Waals surface area contributed by atoms with Gasteiger partial charge in [-0.1, -0.05) is 0 Å². The molecule has 6 heteroatoms. The van der Waals surface area contributed by atoms with Crippen LogP contribution in [0.1, 0.15) is 26.7 Å². The number of hydrogen-bond donors (Lipinski definition) is 2. The zero-order chi connectivity index (χ0) is 13.0. The van der Waals surface area contributed by atoms with E-state index in [-0.39, 0.29) is 25.1 Å². The topological polar surface area (TPSA) is 87.1 Å². The molecule has 1 aliphatic rings. The summed E-state index contributed by atoms with van der Waals surface area (Å²) in [6.07, 6.45) is -0.793. The molecule has 0 aromatic heterocycles. The van der Waals surface area contributed by atoms with Crippen molar-refractivity contribution in [1.29, 1.82) is 0 Å². The Morgan fingerprint density at radius 1 is 1.35 bits per heavy atom. The van der Waals surface area contributed by atoms with Crippen LogP contribution in [0.3, 0.4) is 0 Å². The number of hydrogen-bond acceptors (Lipinski definition) is 4. The van der Waals surface area contributed by atoms with Crippen molar-refractivity contribution in [2.24, 2.45) is 0 Å². The molecule has 98 valence electrons. The summed E-state index contributed by atoms with van der Waals surface area (Å²) in [6.45, 7) is 3.82. The molecule has 0 bridgehead atoms. The van der Waals surface area contributed by atoms with Gasteiger partial charge in [-0.25, -0.2) is 4.79 Å². The molecule has 2 atom stereocenters. The zero-order valence-electron chi connectivity index (χ0n) is 10.1. The second-order valence-corrected chi connectivity index (χ2v) is 4.38. The van der Waals surface area contributed by atoms with Crippen LogP contribution in [0.4, 0.5) is 0 Å². The second-order valence-electron chi connectivity index (χ2n) is 4.38. The number of nitrogens with zero attached hydrogens (tertiary/aromatic N) is 1. The molecule has 1 amide bonds. The van der Waals surface area contributed by atoms with Gasteiger partial charge in [-0.15, -0.1) is 0 Å². The van der Waals surface area contributed by atoms with Gasteiger partial charge in [0.2, 0.25) is 0 Å². The summed E-state index contributed by atoms with van der Waals surface area (Å²) in [5, 5.41) is 17.7. The molecule has 0 unspecified atom stereocenters. The fraction of sp³-hybridized carbons (Fsp3) is 0.818. The lowest BCUT2D eigenvalue weighted by molar-refractivity contribution is -0.155. The summed E-state index contributed by atoms with van der Waals surface area (Å²) in [7, 11) is 0. The van der Waals surface area contributed by atoms with Gasteiger partial charge in [-0.05, 0) is 26.7 Å². The van der Waals surface area contributed by atoms with Crippen LogP contribution < -0.4 is 0 Å². The van der Waals surface area contributed by atoms with E-state index in [4.69, 9.17) is 14.9 Å². The van der Waals surface area contributed by atoms with E-state index in [1.54, 1.807) is 0 Å². The number of rotatable bonds is 5. The predicted molar refractivity (Wildman–Crippen MR) is 59.5 cm³/mol. The van der Waals surface area contributed by atoms with E-state index in [2.05, 4.69) is 0 Å². The molecule has 1 heterocycles. The molecule has 17 heavy (non-hydrogen) atoms. The van der Waals surface area contributed by atoms with Crippen molar-refractivity contribution < 1.29 is 24.5 Å². The summed E-state index contributed by atoms with van der Waals surface area (Å²) in [4.78, 5) is 24.3. The molecule has 1 aliphatic heterocycles. The van der Waals surface area contributed by atoms with Crippen LogP contribution in [-0.4, -0.2) is 58.4 Å². The van der Waals surface area contributed by atoms with Crippen LogP contribution in [0, 0.1) is 0 Å². The monoisotopic (exact) mass is 245 g/mol. The predicted octanol–water partition coefficient (Wildman–Crippen LogP) is -0.152. The van der Waals surface area contributed by atoms with E-state index < -0.39 is 18.2 Å². The molecule has 6 nitrogen and oxygen atoms in total. The quantitative estimate of drug-likeness (QED) is 0.703. The third-order valence-corrected chi connectivity index (χ3v) is 2.82. The fourth-order valence-electron chi connectivity index (χ4n) is 1.92. The Morgan fingerprint density at radius 2 is 1.94 bits per heavy atom. The minimum Gasteiger partial charge on any atom is -0.479 e. The van der Waals surface area contributed by atoms with Gasteiger partial charge < -0.3 is 19.8 Å². The molecule has 0 radical (unpaired) electrons. The first kappa shape index (κ1) is 13.9.